The maximum Gasteiger partial charge on any atom is 0.0274 e. The molecule has 0 aromatic heterocycles. The predicted molar refractivity (Wildman–Crippen MR) is 87.9 cm³/mol. The quantitative estimate of drug-likeness (QED) is 0.424. The van der Waals surface area contributed by atoms with E-state index < -0.39 is 0 Å². The molecule has 0 rings (SSSR count). The molecule has 4 heteroatoms. The number of rotatable bonds is 10. The van der Waals surface area contributed by atoms with Crippen LogP contribution < -0.4 is 0 Å². The molecule has 0 spiro atoms. The van der Waals surface area contributed by atoms with E-state index in [1.807, 2.05) is 0 Å². The topological polar surface area (TPSA) is 0 Å². The Morgan fingerprint density at radius 1 is 0.667 bits per heavy atom. The van der Waals surface area contributed by atoms with E-state index in [-0.39, 0.29) is 17.6 Å². The summed E-state index contributed by atoms with van der Waals surface area (Å²) in [6.45, 7) is 10.0. The minimum absolute atomic E-state index is 0.179. The molecule has 0 N–H and O–H groups in total. The third kappa shape index (κ3) is 14.9. The molecule has 0 aromatic carbocycles. The van der Waals surface area contributed by atoms with Crippen molar-refractivity contribution in [3.63, 3.8) is 0 Å². The van der Waals surface area contributed by atoms with E-state index in [0.29, 0.717) is 19.0 Å². The van der Waals surface area contributed by atoms with Gasteiger partial charge >= 0.3 is 0 Å². The molecule has 0 fully saturated rings. The van der Waals surface area contributed by atoms with E-state index in [1.165, 1.54) is 0 Å². The maximum absolute atomic E-state index is 2.51. The molecule has 0 saturated heterocycles. The highest BCUT2D eigenvalue weighted by Gasteiger charge is 1.98. The van der Waals surface area contributed by atoms with Gasteiger partial charge in [0.1, 0.15) is 0 Å². The first-order valence-electron chi connectivity index (χ1n) is 7.13. The monoisotopic (exact) mass is 276 g/mol. The van der Waals surface area contributed by atoms with Crippen molar-refractivity contribution in [2.75, 3.05) is 0 Å². The van der Waals surface area contributed by atoms with Crippen LogP contribution in [0.25, 0.3) is 0 Å². The molecule has 0 bridgehead atoms. The summed E-state index contributed by atoms with van der Waals surface area (Å²) in [5.74, 6) is 0. The Bertz CT molecular complexity index is 112. The lowest BCUT2D eigenvalue weighted by Gasteiger charge is -2.03. The average molecular weight is 277 g/mol. The first-order valence-corrected chi connectivity index (χ1v) is 17.4. The van der Waals surface area contributed by atoms with Gasteiger partial charge in [-0.25, -0.2) is 0 Å². The fourth-order valence-electron chi connectivity index (χ4n) is 1.99. The minimum Gasteiger partial charge on any atom is -0.0724 e. The first kappa shape index (κ1) is 15.9. The van der Waals surface area contributed by atoms with Gasteiger partial charge in [0.2, 0.25) is 0 Å². The van der Waals surface area contributed by atoms with Gasteiger partial charge in [-0.05, 0) is 0 Å². The van der Waals surface area contributed by atoms with E-state index in [4.69, 9.17) is 0 Å². The first-order chi connectivity index (χ1) is 7.13. The van der Waals surface area contributed by atoms with Crippen LogP contribution in [0.2, 0.25) is 49.6 Å². The van der Waals surface area contributed by atoms with E-state index in [2.05, 4.69) is 26.2 Å². The van der Waals surface area contributed by atoms with Gasteiger partial charge in [-0.15, -0.1) is 0 Å². The van der Waals surface area contributed by atoms with Crippen LogP contribution in [0, 0.1) is 0 Å². The number of hydrogen-bond acceptors (Lipinski definition) is 0. The zero-order valence-corrected chi connectivity index (χ0v) is 16.7. The summed E-state index contributed by atoms with van der Waals surface area (Å²) < 4.78 is 0. The highest BCUT2D eigenvalue weighted by Crippen LogP contribution is 2.06. The molecule has 0 unspecified atom stereocenters. The highest BCUT2D eigenvalue weighted by atomic mass is 28.3. The van der Waals surface area contributed by atoms with Gasteiger partial charge in [-0.3, -0.25) is 0 Å². The Balaban J connectivity index is 2.93. The molecule has 0 aliphatic heterocycles. The van der Waals surface area contributed by atoms with Crippen LogP contribution in [0.4, 0.5) is 0 Å². The van der Waals surface area contributed by atoms with Crippen molar-refractivity contribution in [3.8, 4) is 0 Å². The summed E-state index contributed by atoms with van der Waals surface area (Å²) >= 11 is 0. The minimum atomic E-state index is -0.179. The standard InChI is InChI=1S/C11H32Si4/c1-14(2)10-12-8-6-5-7-9-13-11-15(3)4/h14-15H,5-13H2,1-4H3. The van der Waals surface area contributed by atoms with Gasteiger partial charge in [0, 0.05) is 36.6 Å². The van der Waals surface area contributed by atoms with Crippen LogP contribution in [0.1, 0.15) is 19.3 Å². The molecule has 0 aromatic rings. The van der Waals surface area contributed by atoms with Gasteiger partial charge in [0.05, 0.1) is 0 Å². The van der Waals surface area contributed by atoms with Crippen LogP contribution in [0.5, 0.6) is 0 Å². The van der Waals surface area contributed by atoms with Crippen LogP contribution in [0.15, 0.2) is 0 Å². The molecule has 92 valence electrons. The van der Waals surface area contributed by atoms with Crippen LogP contribution >= 0.6 is 0 Å². The fraction of sp³-hybridized carbons (Fsp3) is 1.00. The molecular formula is C11H32Si4. The lowest BCUT2D eigenvalue weighted by Crippen LogP contribution is -2.05. The third-order valence-electron chi connectivity index (χ3n) is 3.06. The lowest BCUT2D eigenvalue weighted by molar-refractivity contribution is 0.765. The van der Waals surface area contributed by atoms with Crippen molar-refractivity contribution < 1.29 is 0 Å². The van der Waals surface area contributed by atoms with E-state index in [0.717, 1.165) is 0 Å². The van der Waals surface area contributed by atoms with Crippen LogP contribution in [0.3, 0.4) is 0 Å². The van der Waals surface area contributed by atoms with Gasteiger partial charge < -0.3 is 0 Å². The van der Waals surface area contributed by atoms with Crippen molar-refractivity contribution in [2.24, 2.45) is 0 Å². The van der Waals surface area contributed by atoms with Gasteiger partial charge in [0.15, 0.2) is 0 Å². The molecular weight excluding hydrogens is 244 g/mol. The molecule has 0 radical (unpaired) electrons. The molecule has 0 atom stereocenters. The van der Waals surface area contributed by atoms with Crippen molar-refractivity contribution in [1.29, 1.82) is 0 Å². The Kier molecular flexibility index (Phi) is 12.0. The van der Waals surface area contributed by atoms with Gasteiger partial charge in [-0.1, -0.05) is 68.9 Å². The Labute approximate surface area is 105 Å². The third-order valence-corrected chi connectivity index (χ3v) is 17.6. The molecule has 0 heterocycles. The zero-order valence-electron chi connectivity index (χ0n) is 11.5. The highest BCUT2D eigenvalue weighted by molar-refractivity contribution is 6.68. The lowest BCUT2D eigenvalue weighted by atomic mass is 10.3. The molecule has 0 nitrogen and oxygen atoms in total. The maximum atomic E-state index is 2.51. The molecule has 0 aliphatic carbocycles. The molecule has 0 amide bonds. The molecule has 0 aliphatic rings. The second kappa shape index (κ2) is 11.4. The van der Waals surface area contributed by atoms with E-state index >= 15 is 0 Å². The molecule has 15 heavy (non-hydrogen) atoms. The van der Waals surface area contributed by atoms with E-state index in [9.17, 15) is 0 Å². The normalized spacial score (nSPS) is 13.2. The largest absolute Gasteiger partial charge is 0.0724 e. The summed E-state index contributed by atoms with van der Waals surface area (Å²) in [5, 5.41) is 0. The number of unbranched alkanes of at least 4 members (excludes halogenated alkanes) is 2. The summed E-state index contributed by atoms with van der Waals surface area (Å²) in [7, 11) is 0.425. The summed E-state index contributed by atoms with van der Waals surface area (Å²) in [4.78, 5) is 0. The fourth-order valence-corrected chi connectivity index (χ4v) is 12.2. The molecule has 0 saturated carbocycles. The van der Waals surface area contributed by atoms with Gasteiger partial charge in [0.25, 0.3) is 0 Å². The van der Waals surface area contributed by atoms with Crippen LogP contribution in [-0.2, 0) is 0 Å². The predicted octanol–water partition coefficient (Wildman–Crippen LogP) is 2.22. The van der Waals surface area contributed by atoms with Crippen molar-refractivity contribution in [1.82, 2.24) is 0 Å². The number of hydrogen-bond donors (Lipinski definition) is 0. The second-order valence-corrected chi connectivity index (χ2v) is 18.9. The summed E-state index contributed by atoms with van der Waals surface area (Å²) in [6, 6.07) is 3.32. The Morgan fingerprint density at radius 2 is 1.07 bits per heavy atom. The average Bonchev–Trinajstić information content (AvgIpc) is 2.14. The van der Waals surface area contributed by atoms with Crippen molar-refractivity contribution >= 4 is 36.6 Å². The zero-order chi connectivity index (χ0) is 11.5. The van der Waals surface area contributed by atoms with Gasteiger partial charge in [-0.2, -0.15) is 0 Å². The summed E-state index contributed by atoms with van der Waals surface area (Å²) in [5.41, 5.74) is 3.43. The van der Waals surface area contributed by atoms with E-state index in [1.54, 1.807) is 42.7 Å². The van der Waals surface area contributed by atoms with Crippen molar-refractivity contribution in [3.05, 3.63) is 0 Å². The Morgan fingerprint density at radius 3 is 1.40 bits per heavy atom. The Hall–Kier alpha value is 0.868. The SMILES string of the molecule is C[SiH](C)C[SiH2]CCCCC[SiH2]C[SiH](C)C. The van der Waals surface area contributed by atoms with Crippen molar-refractivity contribution in [2.45, 2.75) is 68.9 Å². The van der Waals surface area contributed by atoms with Crippen LogP contribution in [-0.4, -0.2) is 36.6 Å². The second-order valence-electron chi connectivity index (χ2n) is 5.84. The smallest absolute Gasteiger partial charge is 0.0274 e. The summed E-state index contributed by atoms with van der Waals surface area (Å²) in [6.07, 6.45) is 4.74.